The van der Waals surface area contributed by atoms with Gasteiger partial charge in [0.15, 0.2) is 0 Å². The Morgan fingerprint density at radius 1 is 0.453 bits per heavy atom. The van der Waals surface area contributed by atoms with Crippen LogP contribution in [0.2, 0.25) is 0 Å². The van der Waals surface area contributed by atoms with Crippen LogP contribution in [0, 0.1) is 6.07 Å². The van der Waals surface area contributed by atoms with Crippen molar-refractivity contribution in [2.75, 3.05) is 88.3 Å². The Kier molecular flexibility index (Phi) is 12.7. The van der Waals surface area contributed by atoms with Crippen LogP contribution in [0.1, 0.15) is 5.56 Å². The molecule has 9 rings (SSSR count). The summed E-state index contributed by atoms with van der Waals surface area (Å²) in [5, 5.41) is 0. The monoisotopic (exact) mass is 916 g/mol. The number of anilines is 2. The zero-order valence-corrected chi connectivity index (χ0v) is 37.8. The molecule has 0 N–H and O–H groups in total. The van der Waals surface area contributed by atoms with Gasteiger partial charge in [0.1, 0.15) is 5.82 Å². The number of sulfonamides is 3. The van der Waals surface area contributed by atoms with Crippen molar-refractivity contribution in [1.82, 2.24) is 22.8 Å². The minimum absolute atomic E-state index is 0.00338. The molecule has 3 aliphatic rings. The lowest BCUT2D eigenvalue weighted by Crippen LogP contribution is -2.49. The van der Waals surface area contributed by atoms with Crippen molar-refractivity contribution in [2.45, 2.75) is 21.2 Å². The molecule has 0 bridgehead atoms. The summed E-state index contributed by atoms with van der Waals surface area (Å²) in [6.45, 7) is 4.69. The SMILES string of the molecule is O=S(=O)(c1[c]ccc(-c2ccccc2S(=O)(=O)N2CCN(Cc3ccccc3)CC2)c1-c1ccccc1S(=O)(=O)N1CCN(c2ccccc2)CC1)N1CCN(c2ccccn2)CC1. The van der Waals surface area contributed by atoms with Gasteiger partial charge in [0, 0.05) is 120 Å². The highest BCUT2D eigenvalue weighted by atomic mass is 32.2. The van der Waals surface area contributed by atoms with Crippen molar-refractivity contribution in [2.24, 2.45) is 0 Å². The highest BCUT2D eigenvalue weighted by Crippen LogP contribution is 2.44. The molecule has 0 unspecified atom stereocenters. The van der Waals surface area contributed by atoms with Gasteiger partial charge in [0.05, 0.1) is 14.7 Å². The van der Waals surface area contributed by atoms with Crippen LogP contribution in [-0.4, -0.2) is 127 Å². The predicted octanol–water partition coefficient (Wildman–Crippen LogP) is 5.74. The number of para-hydroxylation sites is 1. The third-order valence-electron chi connectivity index (χ3n) is 12.3. The fraction of sp³-hybridized carbons (Fsp3) is 0.271. The number of rotatable bonds is 12. The number of hydrogen-bond acceptors (Lipinski definition) is 10. The molecule has 13 nitrogen and oxygen atoms in total. The molecule has 4 heterocycles. The second-order valence-corrected chi connectivity index (χ2v) is 21.7. The Labute approximate surface area is 377 Å². The Hall–Kier alpha value is -5.46. The van der Waals surface area contributed by atoms with Crippen LogP contribution >= 0.6 is 0 Å². The van der Waals surface area contributed by atoms with Crippen molar-refractivity contribution < 1.29 is 25.3 Å². The smallest absolute Gasteiger partial charge is 0.244 e. The zero-order valence-electron chi connectivity index (χ0n) is 35.4. The van der Waals surface area contributed by atoms with Crippen LogP contribution in [0.15, 0.2) is 160 Å². The highest BCUT2D eigenvalue weighted by Gasteiger charge is 2.38. The highest BCUT2D eigenvalue weighted by molar-refractivity contribution is 7.90. The van der Waals surface area contributed by atoms with Gasteiger partial charge in [-0.05, 0) is 47.5 Å². The van der Waals surface area contributed by atoms with Crippen molar-refractivity contribution in [3.05, 3.63) is 157 Å². The standard InChI is InChI=1S/C48H50N7O6S3/c56-62(57,53-32-26-50(27-33-53)38-39-14-3-1-4-15-39)44-21-9-7-18-41(44)42-20-13-23-46(64(60,61)55-36-30-52(31-37-55)47-24-11-12-25-49-47)48(42)43-19-8-10-22-45(43)63(58,59)54-34-28-51(29-35-54)40-16-5-2-6-17-40/h1-22,24-25H,26-38H2. The van der Waals surface area contributed by atoms with E-state index in [0.717, 1.165) is 17.1 Å². The Bertz CT molecular complexity index is 2900. The number of aromatic nitrogens is 1. The van der Waals surface area contributed by atoms with Crippen molar-refractivity contribution in [3.8, 4) is 22.3 Å². The van der Waals surface area contributed by atoms with Crippen LogP contribution in [0.3, 0.4) is 0 Å². The number of pyridine rings is 1. The molecule has 16 heteroatoms. The van der Waals surface area contributed by atoms with E-state index in [9.17, 15) is 16.8 Å². The second-order valence-electron chi connectivity index (χ2n) is 16.1. The van der Waals surface area contributed by atoms with E-state index in [0.29, 0.717) is 45.8 Å². The van der Waals surface area contributed by atoms with E-state index < -0.39 is 30.1 Å². The minimum atomic E-state index is -4.35. The third-order valence-corrected chi connectivity index (χ3v) is 18.1. The van der Waals surface area contributed by atoms with Gasteiger partial charge in [0.25, 0.3) is 0 Å². The predicted molar refractivity (Wildman–Crippen MR) is 249 cm³/mol. The summed E-state index contributed by atoms with van der Waals surface area (Å²) < 4.78 is 93.9. The average Bonchev–Trinajstić information content (AvgIpc) is 3.35. The molecule has 3 saturated heterocycles. The molecule has 1 aromatic heterocycles. The molecular weight excluding hydrogens is 867 g/mol. The second kappa shape index (κ2) is 18.6. The quantitative estimate of drug-likeness (QED) is 0.150. The first kappa shape index (κ1) is 43.8. The summed E-state index contributed by atoms with van der Waals surface area (Å²) in [6.07, 6.45) is 1.70. The van der Waals surface area contributed by atoms with Gasteiger partial charge < -0.3 is 9.80 Å². The molecule has 1 radical (unpaired) electrons. The number of piperazine rings is 3. The van der Waals surface area contributed by atoms with E-state index in [1.54, 1.807) is 54.7 Å². The Morgan fingerprint density at radius 3 is 1.56 bits per heavy atom. The fourth-order valence-corrected chi connectivity index (χ4v) is 13.7. The summed E-state index contributed by atoms with van der Waals surface area (Å²) in [5.74, 6) is 0.743. The van der Waals surface area contributed by atoms with Gasteiger partial charge in [-0.2, -0.15) is 12.9 Å². The summed E-state index contributed by atoms with van der Waals surface area (Å²) in [5.41, 5.74) is 2.90. The first-order chi connectivity index (χ1) is 31.0. The first-order valence-corrected chi connectivity index (χ1v) is 25.8. The summed E-state index contributed by atoms with van der Waals surface area (Å²) in [7, 11) is -12.7. The van der Waals surface area contributed by atoms with Crippen molar-refractivity contribution >= 4 is 41.6 Å². The van der Waals surface area contributed by atoms with Gasteiger partial charge in [-0.3, -0.25) is 4.90 Å². The van der Waals surface area contributed by atoms with E-state index >= 15 is 8.42 Å². The number of hydrogen-bond donors (Lipinski definition) is 0. The van der Waals surface area contributed by atoms with E-state index in [1.807, 2.05) is 71.6 Å². The van der Waals surface area contributed by atoms with Gasteiger partial charge in [-0.15, -0.1) is 0 Å². The van der Waals surface area contributed by atoms with Crippen molar-refractivity contribution in [3.63, 3.8) is 0 Å². The molecule has 331 valence electrons. The lowest BCUT2D eigenvalue weighted by atomic mass is 9.94. The fourth-order valence-electron chi connectivity index (χ4n) is 8.89. The summed E-state index contributed by atoms with van der Waals surface area (Å²) in [4.78, 5) is 10.5. The Morgan fingerprint density at radius 2 is 0.953 bits per heavy atom. The molecule has 0 saturated carbocycles. The van der Waals surface area contributed by atoms with Gasteiger partial charge in [-0.1, -0.05) is 103 Å². The molecule has 3 aliphatic heterocycles. The van der Waals surface area contributed by atoms with Gasteiger partial charge in [0.2, 0.25) is 30.1 Å². The van der Waals surface area contributed by atoms with Gasteiger partial charge in [-0.25, -0.2) is 30.2 Å². The molecule has 6 aromatic rings. The number of nitrogens with zero attached hydrogens (tertiary/aromatic N) is 7. The maximum atomic E-state index is 15.1. The topological polar surface area (TPSA) is 135 Å². The van der Waals surface area contributed by atoms with E-state index in [4.69, 9.17) is 0 Å². The minimum Gasteiger partial charge on any atom is -0.369 e. The molecule has 0 atom stereocenters. The third kappa shape index (κ3) is 8.83. The van der Waals surface area contributed by atoms with E-state index in [1.165, 1.54) is 25.0 Å². The van der Waals surface area contributed by atoms with E-state index in [2.05, 4.69) is 33.0 Å². The van der Waals surface area contributed by atoms with Crippen LogP contribution in [0.25, 0.3) is 22.3 Å². The number of benzene rings is 5. The first-order valence-electron chi connectivity index (χ1n) is 21.5. The molecule has 0 aliphatic carbocycles. The molecule has 64 heavy (non-hydrogen) atoms. The maximum Gasteiger partial charge on any atom is 0.244 e. The van der Waals surface area contributed by atoms with Gasteiger partial charge >= 0.3 is 0 Å². The lowest BCUT2D eigenvalue weighted by Gasteiger charge is -2.36. The van der Waals surface area contributed by atoms with E-state index in [-0.39, 0.29) is 76.2 Å². The van der Waals surface area contributed by atoms with Crippen molar-refractivity contribution in [1.29, 1.82) is 0 Å². The Balaban J connectivity index is 1.11. The largest absolute Gasteiger partial charge is 0.369 e. The molecule has 3 fully saturated rings. The maximum absolute atomic E-state index is 15.1. The molecular formula is C48H50N7O6S3. The van der Waals surface area contributed by atoms with Crippen LogP contribution in [0.4, 0.5) is 11.5 Å². The lowest BCUT2D eigenvalue weighted by molar-refractivity contribution is 0.181. The zero-order chi connectivity index (χ0) is 44.3. The molecule has 0 spiro atoms. The molecule has 0 amide bonds. The summed E-state index contributed by atoms with van der Waals surface area (Å²) >= 11 is 0. The normalized spacial score (nSPS) is 17.7. The molecule has 5 aromatic carbocycles. The van der Waals surface area contributed by atoms with Crippen LogP contribution in [0.5, 0.6) is 0 Å². The average molecular weight is 917 g/mol. The summed E-state index contributed by atoms with van der Waals surface area (Å²) in [6, 6.07) is 44.6. The van der Waals surface area contributed by atoms with Crippen LogP contribution < -0.4 is 9.80 Å². The van der Waals surface area contributed by atoms with Crippen LogP contribution in [-0.2, 0) is 36.6 Å².